The standard InChI is InChI=1S/C29H27F3N6O/c1-20-7-8-38-27(13-20)22(18-34-38)4-3-21-14-24(17-33-16-21)28(39)35-25-6-5-23(26(15-25)29(30,31)32)19-37-11-9-36(2)10-12-37/h5-8,13-18H,9-12,19H2,1-2H3,(H,35,39). The summed E-state index contributed by atoms with van der Waals surface area (Å²) >= 11 is 0. The highest BCUT2D eigenvalue weighted by molar-refractivity contribution is 6.04. The fourth-order valence-electron chi connectivity index (χ4n) is 4.46. The van der Waals surface area contributed by atoms with Crippen molar-refractivity contribution < 1.29 is 18.0 Å². The van der Waals surface area contributed by atoms with Crippen LogP contribution in [0.2, 0.25) is 0 Å². The summed E-state index contributed by atoms with van der Waals surface area (Å²) in [6, 6.07) is 9.41. The van der Waals surface area contributed by atoms with Crippen molar-refractivity contribution in [1.82, 2.24) is 24.4 Å². The molecule has 0 unspecified atom stereocenters. The first-order valence-corrected chi connectivity index (χ1v) is 12.5. The van der Waals surface area contributed by atoms with Crippen LogP contribution < -0.4 is 5.32 Å². The van der Waals surface area contributed by atoms with Gasteiger partial charge in [-0.25, -0.2) is 4.52 Å². The zero-order valence-corrected chi connectivity index (χ0v) is 21.6. The topological polar surface area (TPSA) is 65.8 Å². The SMILES string of the molecule is Cc1ccn2ncc(C#Cc3cncc(C(=O)Nc4ccc(CN5CCN(C)CC5)c(C(F)(F)F)c4)c3)c2c1. The first-order chi connectivity index (χ1) is 18.7. The van der Waals surface area contributed by atoms with E-state index in [1.807, 2.05) is 37.2 Å². The van der Waals surface area contributed by atoms with Crippen molar-refractivity contribution in [2.75, 3.05) is 38.5 Å². The van der Waals surface area contributed by atoms with Gasteiger partial charge in [0, 0.05) is 62.6 Å². The van der Waals surface area contributed by atoms with Gasteiger partial charge in [-0.15, -0.1) is 0 Å². The van der Waals surface area contributed by atoms with Gasteiger partial charge in [-0.3, -0.25) is 14.7 Å². The summed E-state index contributed by atoms with van der Waals surface area (Å²) in [5.41, 5.74) is 2.85. The third-order valence-electron chi connectivity index (χ3n) is 6.68. The van der Waals surface area contributed by atoms with Crippen molar-refractivity contribution in [3.8, 4) is 11.8 Å². The van der Waals surface area contributed by atoms with Crippen LogP contribution >= 0.6 is 0 Å². The van der Waals surface area contributed by atoms with Crippen LogP contribution in [0.1, 0.15) is 38.2 Å². The lowest BCUT2D eigenvalue weighted by atomic mass is 10.0. The van der Waals surface area contributed by atoms with E-state index >= 15 is 0 Å². The number of pyridine rings is 2. The minimum Gasteiger partial charge on any atom is -0.322 e. The van der Waals surface area contributed by atoms with E-state index in [2.05, 4.69) is 32.1 Å². The summed E-state index contributed by atoms with van der Waals surface area (Å²) in [5, 5.41) is 6.85. The largest absolute Gasteiger partial charge is 0.416 e. The average molecular weight is 533 g/mol. The Labute approximate surface area is 224 Å². The Kier molecular flexibility index (Phi) is 7.37. The van der Waals surface area contributed by atoms with E-state index in [4.69, 9.17) is 0 Å². The van der Waals surface area contributed by atoms with Crippen LogP contribution in [0.25, 0.3) is 5.52 Å². The second-order valence-electron chi connectivity index (χ2n) is 9.71. The van der Waals surface area contributed by atoms with Gasteiger partial charge in [0.05, 0.1) is 28.4 Å². The number of aryl methyl sites for hydroxylation is 1. The number of hydrogen-bond donors (Lipinski definition) is 1. The number of nitrogens with zero attached hydrogens (tertiary/aromatic N) is 5. The van der Waals surface area contributed by atoms with E-state index in [0.717, 1.165) is 35.8 Å². The number of nitrogens with one attached hydrogen (secondary N) is 1. The number of likely N-dealkylation sites (N-methyl/N-ethyl adjacent to an activating group) is 1. The molecule has 4 heterocycles. The van der Waals surface area contributed by atoms with E-state index in [1.54, 1.807) is 16.8 Å². The number of rotatable bonds is 4. The molecule has 0 radical (unpaired) electrons. The molecule has 1 amide bonds. The molecule has 0 aliphatic carbocycles. The Bertz CT molecular complexity index is 1580. The lowest BCUT2D eigenvalue weighted by Gasteiger charge is -2.33. The fraction of sp³-hybridized carbons (Fsp3) is 0.276. The molecule has 1 fully saturated rings. The van der Waals surface area contributed by atoms with Gasteiger partial charge in [-0.1, -0.05) is 17.9 Å². The number of carbonyl (C=O) groups excluding carboxylic acids is 1. The van der Waals surface area contributed by atoms with Gasteiger partial charge < -0.3 is 10.2 Å². The first kappa shape index (κ1) is 26.4. The number of fused-ring (bicyclic) bond motifs is 1. The molecule has 1 aromatic carbocycles. The Balaban J connectivity index is 1.33. The lowest BCUT2D eigenvalue weighted by molar-refractivity contribution is -0.138. The molecule has 0 saturated carbocycles. The van der Waals surface area contributed by atoms with Gasteiger partial charge in [0.25, 0.3) is 5.91 Å². The Morgan fingerprint density at radius 3 is 2.59 bits per heavy atom. The van der Waals surface area contributed by atoms with Crippen LogP contribution in [0.15, 0.2) is 61.2 Å². The van der Waals surface area contributed by atoms with Crippen LogP contribution in [0.5, 0.6) is 0 Å². The van der Waals surface area contributed by atoms with Crippen molar-refractivity contribution >= 4 is 17.1 Å². The Morgan fingerprint density at radius 1 is 1.03 bits per heavy atom. The van der Waals surface area contributed by atoms with Gasteiger partial charge in [-0.2, -0.15) is 18.3 Å². The Hall–Kier alpha value is -4.20. The summed E-state index contributed by atoms with van der Waals surface area (Å²) in [6.07, 6.45) is 1.85. The molecule has 0 bridgehead atoms. The normalized spacial score (nSPS) is 14.7. The van der Waals surface area contributed by atoms with E-state index in [0.29, 0.717) is 18.7 Å². The van der Waals surface area contributed by atoms with Crippen molar-refractivity contribution in [1.29, 1.82) is 0 Å². The number of alkyl halides is 3. The number of piperazine rings is 1. The average Bonchev–Trinajstić information content (AvgIpc) is 3.31. The predicted molar refractivity (Wildman–Crippen MR) is 142 cm³/mol. The number of aromatic nitrogens is 3. The van der Waals surface area contributed by atoms with E-state index in [1.165, 1.54) is 24.5 Å². The van der Waals surface area contributed by atoms with E-state index in [9.17, 15) is 18.0 Å². The monoisotopic (exact) mass is 532 g/mol. The smallest absolute Gasteiger partial charge is 0.322 e. The van der Waals surface area contributed by atoms with Gasteiger partial charge >= 0.3 is 6.18 Å². The molecule has 39 heavy (non-hydrogen) atoms. The van der Waals surface area contributed by atoms with Crippen LogP contribution in [-0.2, 0) is 12.7 Å². The molecule has 5 rings (SSSR count). The summed E-state index contributed by atoms with van der Waals surface area (Å²) in [7, 11) is 2.00. The molecule has 4 aromatic rings. The summed E-state index contributed by atoms with van der Waals surface area (Å²) in [4.78, 5) is 21.1. The number of halogens is 3. The molecule has 200 valence electrons. The van der Waals surface area contributed by atoms with Crippen LogP contribution in [0, 0.1) is 18.8 Å². The highest BCUT2D eigenvalue weighted by atomic mass is 19.4. The number of carbonyl (C=O) groups is 1. The zero-order valence-electron chi connectivity index (χ0n) is 21.6. The summed E-state index contributed by atoms with van der Waals surface area (Å²) in [5.74, 6) is 5.48. The zero-order chi connectivity index (χ0) is 27.6. The molecule has 1 saturated heterocycles. The van der Waals surface area contributed by atoms with Crippen LogP contribution in [0.4, 0.5) is 18.9 Å². The third-order valence-corrected chi connectivity index (χ3v) is 6.68. The molecular weight excluding hydrogens is 505 g/mol. The number of hydrogen-bond acceptors (Lipinski definition) is 5. The fourth-order valence-corrected chi connectivity index (χ4v) is 4.46. The minimum absolute atomic E-state index is 0.0627. The van der Waals surface area contributed by atoms with Gasteiger partial charge in [0.1, 0.15) is 0 Å². The third kappa shape index (κ3) is 6.28. The molecule has 0 atom stereocenters. The molecule has 10 heteroatoms. The highest BCUT2D eigenvalue weighted by Gasteiger charge is 2.34. The van der Waals surface area contributed by atoms with Crippen molar-refractivity contribution in [2.45, 2.75) is 19.6 Å². The number of anilines is 1. The molecule has 1 aliphatic rings. The van der Waals surface area contributed by atoms with Crippen molar-refractivity contribution in [2.24, 2.45) is 0 Å². The summed E-state index contributed by atoms with van der Waals surface area (Å²) < 4.78 is 43.5. The maximum atomic E-state index is 13.9. The molecular formula is C29H27F3N6O. The predicted octanol–water partition coefficient (Wildman–Crippen LogP) is 4.46. The maximum absolute atomic E-state index is 13.9. The molecule has 0 spiro atoms. The Morgan fingerprint density at radius 2 is 1.82 bits per heavy atom. The van der Waals surface area contributed by atoms with Crippen molar-refractivity contribution in [3.63, 3.8) is 0 Å². The molecule has 7 nitrogen and oxygen atoms in total. The lowest BCUT2D eigenvalue weighted by Crippen LogP contribution is -2.44. The highest BCUT2D eigenvalue weighted by Crippen LogP contribution is 2.34. The van der Waals surface area contributed by atoms with E-state index in [-0.39, 0.29) is 23.4 Å². The second-order valence-corrected chi connectivity index (χ2v) is 9.71. The first-order valence-electron chi connectivity index (χ1n) is 12.5. The molecule has 3 aromatic heterocycles. The number of benzene rings is 1. The van der Waals surface area contributed by atoms with Crippen LogP contribution in [0.3, 0.4) is 0 Å². The molecule has 1 aliphatic heterocycles. The quantitative estimate of drug-likeness (QED) is 0.394. The second kappa shape index (κ2) is 10.9. The minimum atomic E-state index is -4.55. The van der Waals surface area contributed by atoms with Gasteiger partial charge in [0.2, 0.25) is 0 Å². The molecule has 1 N–H and O–H groups in total. The maximum Gasteiger partial charge on any atom is 0.416 e. The van der Waals surface area contributed by atoms with Gasteiger partial charge in [-0.05, 0) is 55.4 Å². The van der Waals surface area contributed by atoms with Gasteiger partial charge in [0.15, 0.2) is 0 Å². The van der Waals surface area contributed by atoms with E-state index < -0.39 is 17.6 Å². The summed E-state index contributed by atoms with van der Waals surface area (Å²) in [6.45, 7) is 5.21. The number of amides is 1. The van der Waals surface area contributed by atoms with Crippen molar-refractivity contribution in [3.05, 3.63) is 94.6 Å². The van der Waals surface area contributed by atoms with Crippen LogP contribution in [-0.4, -0.2) is 63.5 Å².